The number of hydrogen-bond acceptors (Lipinski definition) is 2. The highest BCUT2D eigenvalue weighted by Crippen LogP contribution is 2.25. The number of nitrogens with two attached hydrogens (primary N) is 1. The number of nitrogens with one attached hydrogen (secondary N) is 1. The van der Waals surface area contributed by atoms with E-state index in [0.717, 1.165) is 16.6 Å². The first kappa shape index (κ1) is 14.7. The topological polar surface area (TPSA) is 55.1 Å². The average Bonchev–Trinajstić information content (AvgIpc) is 2.37. The summed E-state index contributed by atoms with van der Waals surface area (Å²) in [7, 11) is 0. The number of benzene rings is 2. The first-order valence-corrected chi connectivity index (χ1v) is 6.56. The molecule has 3 nitrogen and oxygen atoms in total. The molecule has 7 heteroatoms. The SMILES string of the molecule is Nc1cc(Br)ccc1NC(=O)c1cc(F)c(Cl)cc1F. The number of carbonyl (C=O) groups is 1. The lowest BCUT2D eigenvalue weighted by Crippen LogP contribution is -2.15. The van der Waals surface area contributed by atoms with Gasteiger partial charge in [-0.15, -0.1) is 0 Å². The fourth-order valence-electron chi connectivity index (χ4n) is 1.53. The van der Waals surface area contributed by atoms with Crippen LogP contribution in [-0.2, 0) is 0 Å². The van der Waals surface area contributed by atoms with Gasteiger partial charge < -0.3 is 11.1 Å². The Morgan fingerprint density at radius 1 is 1.20 bits per heavy atom. The van der Waals surface area contributed by atoms with Crippen molar-refractivity contribution in [3.05, 3.63) is 57.0 Å². The maximum Gasteiger partial charge on any atom is 0.258 e. The fourth-order valence-corrected chi connectivity index (χ4v) is 2.06. The molecule has 2 aromatic carbocycles. The van der Waals surface area contributed by atoms with E-state index in [0.29, 0.717) is 11.4 Å². The highest BCUT2D eigenvalue weighted by molar-refractivity contribution is 9.10. The molecular weight excluding hydrogens is 354 g/mol. The van der Waals surface area contributed by atoms with Crippen molar-refractivity contribution in [2.75, 3.05) is 11.1 Å². The monoisotopic (exact) mass is 360 g/mol. The molecule has 0 fully saturated rings. The van der Waals surface area contributed by atoms with Crippen LogP contribution in [0.1, 0.15) is 10.4 Å². The number of carbonyl (C=O) groups excluding carboxylic acids is 1. The van der Waals surface area contributed by atoms with E-state index in [2.05, 4.69) is 21.2 Å². The Hall–Kier alpha value is -1.66. The normalized spacial score (nSPS) is 10.4. The zero-order chi connectivity index (χ0) is 14.9. The van der Waals surface area contributed by atoms with Gasteiger partial charge in [-0.25, -0.2) is 8.78 Å². The Labute approximate surface area is 126 Å². The molecule has 0 bridgehead atoms. The summed E-state index contributed by atoms with van der Waals surface area (Å²) in [5.74, 6) is -2.60. The van der Waals surface area contributed by atoms with Gasteiger partial charge in [-0.1, -0.05) is 27.5 Å². The van der Waals surface area contributed by atoms with Crippen molar-refractivity contribution >= 4 is 44.8 Å². The third-order valence-electron chi connectivity index (χ3n) is 2.52. The molecule has 0 aromatic heterocycles. The van der Waals surface area contributed by atoms with Gasteiger partial charge in [0.05, 0.1) is 22.0 Å². The van der Waals surface area contributed by atoms with Crippen LogP contribution >= 0.6 is 27.5 Å². The molecule has 0 aliphatic carbocycles. The molecule has 2 aromatic rings. The highest BCUT2D eigenvalue weighted by atomic mass is 79.9. The molecule has 0 aliphatic heterocycles. The summed E-state index contributed by atoms with van der Waals surface area (Å²) in [5, 5.41) is 2.02. The van der Waals surface area contributed by atoms with Crippen molar-refractivity contribution in [3.63, 3.8) is 0 Å². The molecule has 0 spiro atoms. The lowest BCUT2D eigenvalue weighted by atomic mass is 10.2. The minimum Gasteiger partial charge on any atom is -0.397 e. The number of halogens is 4. The molecule has 0 unspecified atom stereocenters. The molecular formula is C13H8BrClF2N2O. The highest BCUT2D eigenvalue weighted by Gasteiger charge is 2.16. The molecule has 3 N–H and O–H groups in total. The van der Waals surface area contributed by atoms with Crippen molar-refractivity contribution in [2.45, 2.75) is 0 Å². The van der Waals surface area contributed by atoms with Crippen LogP contribution in [0.2, 0.25) is 5.02 Å². The minimum absolute atomic E-state index is 0.294. The summed E-state index contributed by atoms with van der Waals surface area (Å²) >= 11 is 8.64. The van der Waals surface area contributed by atoms with Crippen LogP contribution in [0.3, 0.4) is 0 Å². The van der Waals surface area contributed by atoms with Crippen molar-refractivity contribution in [1.29, 1.82) is 0 Å². The Morgan fingerprint density at radius 2 is 1.90 bits per heavy atom. The smallest absolute Gasteiger partial charge is 0.258 e. The molecule has 0 saturated carbocycles. The first-order chi connectivity index (χ1) is 9.38. The lowest BCUT2D eigenvalue weighted by Gasteiger charge is -2.09. The van der Waals surface area contributed by atoms with Gasteiger partial charge in [0.25, 0.3) is 5.91 Å². The van der Waals surface area contributed by atoms with Gasteiger partial charge in [0.15, 0.2) is 0 Å². The van der Waals surface area contributed by atoms with Gasteiger partial charge in [-0.3, -0.25) is 4.79 Å². The van der Waals surface area contributed by atoms with E-state index in [1.54, 1.807) is 18.2 Å². The van der Waals surface area contributed by atoms with Crippen LogP contribution in [0.25, 0.3) is 0 Å². The second kappa shape index (κ2) is 5.76. The Morgan fingerprint density at radius 3 is 2.55 bits per heavy atom. The summed E-state index contributed by atoms with van der Waals surface area (Å²) < 4.78 is 27.6. The largest absolute Gasteiger partial charge is 0.397 e. The average molecular weight is 362 g/mol. The summed E-state index contributed by atoms with van der Waals surface area (Å²) in [6.45, 7) is 0. The van der Waals surface area contributed by atoms with Gasteiger partial charge in [-0.05, 0) is 30.3 Å². The van der Waals surface area contributed by atoms with Crippen molar-refractivity contribution in [1.82, 2.24) is 0 Å². The van der Waals surface area contributed by atoms with E-state index in [-0.39, 0.29) is 5.02 Å². The van der Waals surface area contributed by atoms with E-state index in [1.165, 1.54) is 0 Å². The predicted molar refractivity (Wildman–Crippen MR) is 77.9 cm³/mol. The second-order valence-corrected chi connectivity index (χ2v) is 5.25. The Balaban J connectivity index is 2.31. The quantitative estimate of drug-likeness (QED) is 0.622. The fraction of sp³-hybridized carbons (Fsp3) is 0. The number of hydrogen-bond donors (Lipinski definition) is 2. The van der Waals surface area contributed by atoms with Gasteiger partial charge in [0, 0.05) is 4.47 Å². The molecule has 1 amide bonds. The lowest BCUT2D eigenvalue weighted by molar-refractivity contribution is 0.102. The molecule has 0 atom stereocenters. The predicted octanol–water partition coefficient (Wildman–Crippen LogP) is 4.22. The van der Waals surface area contributed by atoms with Crippen LogP contribution in [-0.4, -0.2) is 5.91 Å². The maximum atomic E-state index is 13.6. The minimum atomic E-state index is -0.912. The first-order valence-electron chi connectivity index (χ1n) is 5.39. The van der Waals surface area contributed by atoms with Crippen molar-refractivity contribution < 1.29 is 13.6 Å². The number of rotatable bonds is 2. The van der Waals surface area contributed by atoms with E-state index in [9.17, 15) is 13.6 Å². The molecule has 0 heterocycles. The van der Waals surface area contributed by atoms with Gasteiger partial charge in [0.1, 0.15) is 11.6 Å². The molecule has 0 saturated heterocycles. The summed E-state index contributed by atoms with van der Waals surface area (Å²) in [5.41, 5.74) is 5.85. The summed E-state index contributed by atoms with van der Waals surface area (Å²) in [4.78, 5) is 11.9. The van der Waals surface area contributed by atoms with Crippen LogP contribution in [0.15, 0.2) is 34.8 Å². The summed E-state index contributed by atoms with van der Waals surface area (Å²) in [6, 6.07) is 6.26. The van der Waals surface area contributed by atoms with Crippen LogP contribution in [0, 0.1) is 11.6 Å². The van der Waals surface area contributed by atoms with E-state index >= 15 is 0 Å². The molecule has 20 heavy (non-hydrogen) atoms. The van der Waals surface area contributed by atoms with Crippen LogP contribution in [0.5, 0.6) is 0 Å². The zero-order valence-corrected chi connectivity index (χ0v) is 12.2. The van der Waals surface area contributed by atoms with Gasteiger partial charge in [0.2, 0.25) is 0 Å². The Bertz CT molecular complexity index is 694. The second-order valence-electron chi connectivity index (χ2n) is 3.93. The molecule has 104 valence electrons. The van der Waals surface area contributed by atoms with Crippen LogP contribution in [0.4, 0.5) is 20.2 Å². The Kier molecular flexibility index (Phi) is 4.25. The standard InChI is InChI=1S/C13H8BrClF2N2O/c14-6-1-2-12(11(18)3-6)19-13(20)7-4-10(17)8(15)5-9(7)16/h1-5H,18H2,(H,19,20). The van der Waals surface area contributed by atoms with Gasteiger partial charge >= 0.3 is 0 Å². The van der Waals surface area contributed by atoms with Crippen molar-refractivity contribution in [3.8, 4) is 0 Å². The third kappa shape index (κ3) is 3.08. The summed E-state index contributed by atoms with van der Waals surface area (Å²) in [6.07, 6.45) is 0. The third-order valence-corrected chi connectivity index (χ3v) is 3.30. The maximum absolute atomic E-state index is 13.6. The van der Waals surface area contributed by atoms with E-state index in [1.807, 2.05) is 0 Å². The molecule has 0 radical (unpaired) electrons. The van der Waals surface area contributed by atoms with E-state index < -0.39 is 23.1 Å². The van der Waals surface area contributed by atoms with Crippen molar-refractivity contribution in [2.24, 2.45) is 0 Å². The van der Waals surface area contributed by atoms with Gasteiger partial charge in [-0.2, -0.15) is 0 Å². The number of nitrogen functional groups attached to an aromatic ring is 1. The van der Waals surface area contributed by atoms with Crippen LogP contribution < -0.4 is 11.1 Å². The van der Waals surface area contributed by atoms with E-state index in [4.69, 9.17) is 17.3 Å². The zero-order valence-electron chi connectivity index (χ0n) is 9.88. The molecule has 2 rings (SSSR count). The number of amides is 1. The number of anilines is 2. The molecule has 0 aliphatic rings.